The summed E-state index contributed by atoms with van der Waals surface area (Å²) in [5.74, 6) is -3.09. The Bertz CT molecular complexity index is 1630. The van der Waals surface area contributed by atoms with Crippen LogP contribution in [0.2, 0.25) is 0 Å². The minimum absolute atomic E-state index is 0.0309. The topological polar surface area (TPSA) is 174 Å². The summed E-state index contributed by atoms with van der Waals surface area (Å²) in [6.07, 6.45) is -5.96. The summed E-state index contributed by atoms with van der Waals surface area (Å²) in [7, 11) is 0. The lowest BCUT2D eigenvalue weighted by atomic mass is 9.93. The number of anilines is 1. The van der Waals surface area contributed by atoms with E-state index in [0.29, 0.717) is 4.70 Å². The molecular weight excluding hydrogens is 570 g/mol. The van der Waals surface area contributed by atoms with E-state index in [1.54, 1.807) is 6.92 Å². The molecule has 216 valence electrons. The molecule has 2 heterocycles. The van der Waals surface area contributed by atoms with Gasteiger partial charge in [0.05, 0.1) is 30.0 Å². The number of hydrogen-bond donors (Lipinski definition) is 5. The largest absolute Gasteiger partial charge is 0.506 e. The number of primary amides is 1. The van der Waals surface area contributed by atoms with Gasteiger partial charge in [0.1, 0.15) is 28.5 Å². The third-order valence-electron chi connectivity index (χ3n) is 5.97. The van der Waals surface area contributed by atoms with Crippen LogP contribution < -0.4 is 21.5 Å². The second-order valence-corrected chi connectivity index (χ2v) is 9.92. The van der Waals surface area contributed by atoms with Crippen LogP contribution in [0.15, 0.2) is 42.5 Å². The second-order valence-electron chi connectivity index (χ2n) is 8.86. The number of phenols is 1. The highest BCUT2D eigenvalue weighted by Crippen LogP contribution is 2.42. The van der Waals surface area contributed by atoms with E-state index in [0.717, 1.165) is 35.6 Å². The molecule has 0 aliphatic heterocycles. The van der Waals surface area contributed by atoms with Crippen LogP contribution in [0.5, 0.6) is 11.5 Å². The summed E-state index contributed by atoms with van der Waals surface area (Å²) < 4.78 is 62.9. The van der Waals surface area contributed by atoms with Crippen molar-refractivity contribution in [1.82, 2.24) is 15.3 Å². The maximum absolute atomic E-state index is 14.5. The predicted molar refractivity (Wildman–Crippen MR) is 142 cm³/mol. The molecule has 41 heavy (non-hydrogen) atoms. The number of nitrogens with one attached hydrogen (secondary N) is 1. The molecular formula is C26H23F4N5O5S. The number of hydrogen-bond acceptors (Lipinski definition) is 9. The molecule has 0 fully saturated rings. The molecule has 4 aromatic rings. The van der Waals surface area contributed by atoms with Crippen LogP contribution in [0.4, 0.5) is 22.7 Å². The summed E-state index contributed by atoms with van der Waals surface area (Å²) in [6, 6.07) is 7.66. The van der Waals surface area contributed by atoms with Gasteiger partial charge in [-0.15, -0.1) is 0 Å². The number of amides is 2. The van der Waals surface area contributed by atoms with Gasteiger partial charge in [0.2, 0.25) is 11.5 Å². The van der Waals surface area contributed by atoms with Gasteiger partial charge in [-0.05, 0) is 49.4 Å². The first-order valence-electron chi connectivity index (χ1n) is 11.9. The Labute approximate surface area is 233 Å². The number of carbonyl (C=O) groups is 2. The first kappa shape index (κ1) is 29.5. The van der Waals surface area contributed by atoms with Crippen molar-refractivity contribution in [2.24, 2.45) is 5.73 Å². The number of pyridine rings is 1. The quantitative estimate of drug-likeness (QED) is 0.184. The lowest BCUT2D eigenvalue weighted by molar-refractivity contribution is -0.265. The summed E-state index contributed by atoms with van der Waals surface area (Å²) in [5.41, 5.74) is 5.90. The Hall–Kier alpha value is -4.50. The van der Waals surface area contributed by atoms with E-state index >= 15 is 0 Å². The highest BCUT2D eigenvalue weighted by Gasteiger charge is 2.56. The van der Waals surface area contributed by atoms with Gasteiger partial charge in [-0.2, -0.15) is 13.2 Å². The van der Waals surface area contributed by atoms with Crippen molar-refractivity contribution in [3.05, 3.63) is 65.1 Å². The van der Waals surface area contributed by atoms with Crippen LogP contribution in [0.1, 0.15) is 28.5 Å². The Kier molecular flexibility index (Phi) is 8.03. The number of aromatic nitrogens is 2. The molecule has 1 atom stereocenters. The lowest BCUT2D eigenvalue weighted by Crippen LogP contribution is -2.51. The molecule has 0 unspecified atom stereocenters. The van der Waals surface area contributed by atoms with Crippen molar-refractivity contribution in [3.63, 3.8) is 0 Å². The van der Waals surface area contributed by atoms with Gasteiger partial charge in [0, 0.05) is 16.7 Å². The van der Waals surface area contributed by atoms with Gasteiger partial charge in [-0.1, -0.05) is 11.3 Å². The molecule has 10 nitrogen and oxygen atoms in total. The van der Waals surface area contributed by atoms with Gasteiger partial charge in [0.15, 0.2) is 5.13 Å². The van der Waals surface area contributed by atoms with Gasteiger partial charge < -0.3 is 31.7 Å². The van der Waals surface area contributed by atoms with Crippen molar-refractivity contribution in [3.8, 4) is 22.8 Å². The van der Waals surface area contributed by atoms with E-state index in [1.165, 1.54) is 18.2 Å². The minimum atomic E-state index is -5.39. The number of nitrogens with zero attached hydrogens (tertiary/aromatic N) is 2. The van der Waals surface area contributed by atoms with Crippen molar-refractivity contribution in [1.29, 1.82) is 0 Å². The van der Waals surface area contributed by atoms with Crippen molar-refractivity contribution in [2.75, 3.05) is 18.9 Å². The summed E-state index contributed by atoms with van der Waals surface area (Å²) in [4.78, 5) is 32.6. The number of ether oxygens (including phenoxy) is 1. The molecule has 0 aliphatic rings. The Morgan fingerprint density at radius 2 is 1.80 bits per heavy atom. The predicted octanol–water partition coefficient (Wildman–Crippen LogP) is 3.39. The number of nitrogens with two attached hydrogens (primary N) is 2. The molecule has 4 rings (SSSR count). The van der Waals surface area contributed by atoms with Crippen molar-refractivity contribution < 1.29 is 42.1 Å². The smallest absolute Gasteiger partial charge is 0.424 e. The maximum Gasteiger partial charge on any atom is 0.424 e. The number of halogens is 4. The van der Waals surface area contributed by atoms with Gasteiger partial charge in [-0.25, -0.2) is 14.4 Å². The third-order valence-corrected chi connectivity index (χ3v) is 6.80. The van der Waals surface area contributed by atoms with Crippen LogP contribution in [0, 0.1) is 5.82 Å². The number of aliphatic hydroxyl groups is 1. The van der Waals surface area contributed by atoms with E-state index in [-0.39, 0.29) is 45.4 Å². The van der Waals surface area contributed by atoms with Gasteiger partial charge in [0.25, 0.3) is 5.91 Å². The minimum Gasteiger partial charge on any atom is -0.506 e. The first-order valence-corrected chi connectivity index (χ1v) is 12.7. The monoisotopic (exact) mass is 593 g/mol. The molecule has 2 aromatic carbocycles. The lowest BCUT2D eigenvalue weighted by Gasteiger charge is -2.31. The molecule has 0 saturated carbocycles. The molecule has 0 saturated heterocycles. The Balaban J connectivity index is 1.80. The van der Waals surface area contributed by atoms with Crippen LogP contribution >= 0.6 is 11.3 Å². The highest BCUT2D eigenvalue weighted by molar-refractivity contribution is 7.22. The summed E-state index contributed by atoms with van der Waals surface area (Å²) in [6.45, 7) is 0.218. The van der Waals surface area contributed by atoms with E-state index < -0.39 is 53.8 Å². The second kappa shape index (κ2) is 11.2. The number of benzene rings is 2. The SMILES string of the molecule is CCOc1c(CC(N)=O)cc([C@@](O)(CNC(=O)c2cc(O)c3nc(N)sc3c2)C(F)(F)F)nc1-c1ccc(F)cc1. The van der Waals surface area contributed by atoms with E-state index in [9.17, 15) is 37.4 Å². The number of fused-ring (bicyclic) bond motifs is 1. The van der Waals surface area contributed by atoms with Crippen LogP contribution in [-0.4, -0.2) is 51.3 Å². The standard InChI is InChI=1S/C26H23F4N5O5S/c1-2-40-22-13(10-19(31)37)9-18(34-20(22)12-3-5-15(27)6-4-12)25(39,26(28,29)30)11-33-23(38)14-7-16(36)21-17(8-14)41-24(32)35-21/h3-9,36,39H,2,10-11H2,1H3,(H2,31,37)(H2,32,35)(H,33,38)/t25-/m0/s1. The van der Waals surface area contributed by atoms with Crippen molar-refractivity contribution >= 4 is 38.5 Å². The molecule has 2 aromatic heterocycles. The normalized spacial score (nSPS) is 13.1. The zero-order valence-electron chi connectivity index (χ0n) is 21.3. The number of alkyl halides is 3. The first-order chi connectivity index (χ1) is 19.2. The number of phenolic OH excluding ortho intramolecular Hbond substituents is 1. The molecule has 15 heteroatoms. The fraction of sp³-hybridized carbons (Fsp3) is 0.231. The van der Waals surface area contributed by atoms with Crippen LogP contribution in [-0.2, 0) is 16.8 Å². The number of nitrogen functional groups attached to an aromatic ring is 1. The summed E-state index contributed by atoms with van der Waals surface area (Å²) in [5, 5.41) is 23.4. The fourth-order valence-corrected chi connectivity index (χ4v) is 4.83. The van der Waals surface area contributed by atoms with E-state index in [1.807, 2.05) is 5.32 Å². The zero-order valence-corrected chi connectivity index (χ0v) is 22.1. The number of aromatic hydroxyl groups is 1. The van der Waals surface area contributed by atoms with Crippen LogP contribution in [0.25, 0.3) is 21.5 Å². The molecule has 7 N–H and O–H groups in total. The fourth-order valence-electron chi connectivity index (χ4n) is 4.03. The van der Waals surface area contributed by atoms with Gasteiger partial charge in [-0.3, -0.25) is 9.59 Å². The van der Waals surface area contributed by atoms with Gasteiger partial charge >= 0.3 is 6.18 Å². The third kappa shape index (κ3) is 6.00. The molecule has 0 bridgehead atoms. The number of carbonyl (C=O) groups excluding carboxylic acids is 2. The van der Waals surface area contributed by atoms with E-state index in [2.05, 4.69) is 9.97 Å². The average molecular weight is 594 g/mol. The highest BCUT2D eigenvalue weighted by atomic mass is 32.1. The Morgan fingerprint density at radius 1 is 1.12 bits per heavy atom. The molecule has 0 spiro atoms. The molecule has 0 aliphatic carbocycles. The average Bonchev–Trinajstić information content (AvgIpc) is 3.28. The van der Waals surface area contributed by atoms with E-state index in [4.69, 9.17) is 16.2 Å². The van der Waals surface area contributed by atoms with Crippen LogP contribution in [0.3, 0.4) is 0 Å². The molecule has 0 radical (unpaired) electrons. The number of rotatable bonds is 9. The zero-order chi connectivity index (χ0) is 30.1. The summed E-state index contributed by atoms with van der Waals surface area (Å²) >= 11 is 0.949. The Morgan fingerprint density at radius 3 is 2.41 bits per heavy atom. The maximum atomic E-state index is 14.5. The molecule has 2 amide bonds. The van der Waals surface area contributed by atoms with Crippen molar-refractivity contribution in [2.45, 2.75) is 25.1 Å². The number of thiazole rings is 1.